The predicted octanol–water partition coefficient (Wildman–Crippen LogP) is 15.8. The summed E-state index contributed by atoms with van der Waals surface area (Å²) >= 11 is 3.78. The first-order valence-corrected chi connectivity index (χ1v) is 21.5. The summed E-state index contributed by atoms with van der Waals surface area (Å²) in [6.07, 6.45) is 0. The van der Waals surface area contributed by atoms with Gasteiger partial charge >= 0.3 is 0 Å². The third-order valence-corrected chi connectivity index (χ3v) is 14.9. The van der Waals surface area contributed by atoms with Crippen LogP contribution in [-0.4, -0.2) is 0 Å². The van der Waals surface area contributed by atoms with Gasteiger partial charge in [0, 0.05) is 46.7 Å². The minimum Gasteiger partial charge on any atom is -0.310 e. The number of fused-ring (bicyclic) bond motifs is 13. The average molecular weight is 772 g/mol. The van der Waals surface area contributed by atoms with Gasteiger partial charge in [-0.25, -0.2) is 0 Å². The van der Waals surface area contributed by atoms with E-state index in [-0.39, 0.29) is 0 Å². The van der Waals surface area contributed by atoms with Crippen LogP contribution < -0.4 is 4.90 Å². The molecule has 2 aliphatic rings. The highest BCUT2D eigenvalue weighted by Gasteiger charge is 2.48. The fraction of sp³-hybridized carbons (Fsp3) is 0.0182. The molecule has 0 fully saturated rings. The zero-order valence-electron chi connectivity index (χ0n) is 31.3. The normalized spacial score (nSPS) is 13.6. The van der Waals surface area contributed by atoms with E-state index in [2.05, 4.69) is 205 Å². The zero-order chi connectivity index (χ0) is 38.0. The molecule has 0 atom stereocenters. The maximum Gasteiger partial charge on any atom is 0.0736 e. The van der Waals surface area contributed by atoms with Crippen LogP contribution in [0, 0.1) is 0 Å². The Balaban J connectivity index is 1.13. The van der Waals surface area contributed by atoms with Crippen LogP contribution in [0.5, 0.6) is 0 Å². The molecular weight excluding hydrogens is 739 g/mol. The molecule has 1 aliphatic carbocycles. The van der Waals surface area contributed by atoms with Crippen molar-refractivity contribution in [2.24, 2.45) is 0 Å². The van der Waals surface area contributed by atoms with E-state index in [1.807, 2.05) is 23.1 Å². The zero-order valence-corrected chi connectivity index (χ0v) is 32.9. The Morgan fingerprint density at radius 3 is 1.79 bits per heavy atom. The van der Waals surface area contributed by atoms with Crippen molar-refractivity contribution in [1.29, 1.82) is 0 Å². The summed E-state index contributed by atoms with van der Waals surface area (Å²) in [7, 11) is 0. The van der Waals surface area contributed by atoms with Gasteiger partial charge in [-0.1, -0.05) is 157 Å². The molecule has 3 heteroatoms. The Bertz CT molecular complexity index is 3460. The Kier molecular flexibility index (Phi) is 6.81. The van der Waals surface area contributed by atoms with E-state index in [0.717, 1.165) is 17.1 Å². The van der Waals surface area contributed by atoms with Crippen molar-refractivity contribution in [2.75, 3.05) is 4.90 Å². The molecule has 10 aromatic carbocycles. The Morgan fingerprint density at radius 1 is 0.362 bits per heavy atom. The molecule has 1 aliphatic heterocycles. The van der Waals surface area contributed by atoms with E-state index in [9.17, 15) is 0 Å². The predicted molar refractivity (Wildman–Crippen MR) is 248 cm³/mol. The summed E-state index contributed by atoms with van der Waals surface area (Å²) in [5.41, 5.74) is 10.9. The lowest BCUT2D eigenvalue weighted by atomic mass is 9.59. The standard InChI is InChI=1S/C55H33NS2/c1-2-14-37-31-52-44(30-36(37)13-1)42-29-27-39(33-53(42)58-52)56(49-23-11-15-34-12-3-4-18-40(34)49)38-26-28-41-43-19-9-16-35-17-10-22-47(54(35)43)55(48(41)32-38)45-20-5-7-24-50(45)57-51-25-8-6-21-46(51)55/h1-33H. The van der Waals surface area contributed by atoms with E-state index < -0.39 is 5.41 Å². The number of nitrogens with zero attached hydrogens (tertiary/aromatic N) is 1. The molecule has 0 saturated carbocycles. The molecule has 0 amide bonds. The summed E-state index contributed by atoms with van der Waals surface area (Å²) in [6, 6.07) is 75.3. The molecule has 11 aromatic rings. The lowest BCUT2D eigenvalue weighted by Gasteiger charge is -2.46. The first kappa shape index (κ1) is 32.4. The fourth-order valence-corrected chi connectivity index (χ4v) is 12.6. The van der Waals surface area contributed by atoms with Crippen LogP contribution in [0.25, 0.3) is 63.6 Å². The molecule has 0 saturated heterocycles. The van der Waals surface area contributed by atoms with Crippen LogP contribution >= 0.6 is 23.1 Å². The molecule has 0 bridgehead atoms. The van der Waals surface area contributed by atoms with Crippen molar-refractivity contribution >= 4 is 92.7 Å². The van der Waals surface area contributed by atoms with Crippen LogP contribution in [0.4, 0.5) is 17.1 Å². The second-order valence-corrected chi connectivity index (χ2v) is 17.8. The number of hydrogen-bond donors (Lipinski definition) is 0. The molecule has 1 spiro atoms. The lowest BCUT2D eigenvalue weighted by molar-refractivity contribution is 0.707. The SMILES string of the molecule is c1ccc2c(c1)Sc1ccccc1C21c2cc(N(c3ccc4c(c3)sc3cc5ccccc5cc34)c3cccc4ccccc34)ccc2-c2cccc3cccc1c23. The highest BCUT2D eigenvalue weighted by atomic mass is 32.2. The second kappa shape index (κ2) is 12.2. The average Bonchev–Trinajstić information content (AvgIpc) is 3.63. The molecule has 13 rings (SSSR count). The minimum absolute atomic E-state index is 0.528. The minimum atomic E-state index is -0.528. The van der Waals surface area contributed by atoms with Crippen LogP contribution in [0.1, 0.15) is 22.3 Å². The van der Waals surface area contributed by atoms with Crippen molar-refractivity contribution in [3.05, 3.63) is 222 Å². The van der Waals surface area contributed by atoms with Crippen molar-refractivity contribution in [2.45, 2.75) is 15.2 Å². The van der Waals surface area contributed by atoms with Crippen molar-refractivity contribution in [3.63, 3.8) is 0 Å². The van der Waals surface area contributed by atoms with Gasteiger partial charge in [-0.15, -0.1) is 11.3 Å². The van der Waals surface area contributed by atoms with Crippen molar-refractivity contribution in [3.8, 4) is 11.1 Å². The summed E-state index contributed by atoms with van der Waals surface area (Å²) in [6.45, 7) is 0. The number of rotatable bonds is 3. The highest BCUT2D eigenvalue weighted by molar-refractivity contribution is 7.99. The molecule has 58 heavy (non-hydrogen) atoms. The maximum absolute atomic E-state index is 2.53. The molecular formula is C55H33NS2. The van der Waals surface area contributed by atoms with Crippen LogP contribution in [-0.2, 0) is 5.41 Å². The molecule has 0 N–H and O–H groups in total. The van der Waals surface area contributed by atoms with E-state index in [1.165, 1.54) is 95.7 Å². The van der Waals surface area contributed by atoms with Crippen LogP contribution in [0.3, 0.4) is 0 Å². The Morgan fingerprint density at radius 2 is 0.966 bits per heavy atom. The molecule has 1 nitrogen and oxygen atoms in total. The van der Waals surface area contributed by atoms with Gasteiger partial charge in [0.25, 0.3) is 0 Å². The van der Waals surface area contributed by atoms with Crippen LogP contribution in [0.2, 0.25) is 0 Å². The van der Waals surface area contributed by atoms with Crippen molar-refractivity contribution in [1.82, 2.24) is 0 Å². The molecule has 0 radical (unpaired) electrons. The maximum atomic E-state index is 2.53. The summed E-state index contributed by atoms with van der Waals surface area (Å²) in [4.78, 5) is 5.12. The summed E-state index contributed by atoms with van der Waals surface area (Å²) in [5.74, 6) is 0. The van der Waals surface area contributed by atoms with Gasteiger partial charge in [-0.2, -0.15) is 0 Å². The fourth-order valence-electron chi connectivity index (χ4n) is 10.2. The summed E-state index contributed by atoms with van der Waals surface area (Å²) < 4.78 is 2.61. The molecule has 1 aromatic heterocycles. The van der Waals surface area contributed by atoms with E-state index >= 15 is 0 Å². The van der Waals surface area contributed by atoms with Gasteiger partial charge < -0.3 is 4.90 Å². The van der Waals surface area contributed by atoms with Gasteiger partial charge in [0.05, 0.1) is 11.1 Å². The van der Waals surface area contributed by atoms with Crippen molar-refractivity contribution < 1.29 is 0 Å². The lowest BCUT2D eigenvalue weighted by Crippen LogP contribution is -2.36. The molecule has 2 heterocycles. The molecule has 270 valence electrons. The third-order valence-electron chi connectivity index (χ3n) is 12.7. The first-order valence-electron chi connectivity index (χ1n) is 19.9. The smallest absolute Gasteiger partial charge is 0.0736 e. The quantitative estimate of drug-likeness (QED) is 0.176. The van der Waals surface area contributed by atoms with Gasteiger partial charge in [0.1, 0.15) is 0 Å². The number of benzene rings is 10. The van der Waals surface area contributed by atoms with E-state index in [4.69, 9.17) is 0 Å². The number of thiophene rings is 1. The highest BCUT2D eigenvalue weighted by Crippen LogP contribution is 2.62. The second-order valence-electron chi connectivity index (χ2n) is 15.6. The molecule has 0 unspecified atom stereocenters. The Hall–Kier alpha value is -6.65. The van der Waals surface area contributed by atoms with Gasteiger partial charge in [0.2, 0.25) is 0 Å². The number of anilines is 3. The van der Waals surface area contributed by atoms with E-state index in [0.29, 0.717) is 0 Å². The third kappa shape index (κ3) is 4.43. The largest absolute Gasteiger partial charge is 0.310 e. The monoisotopic (exact) mass is 771 g/mol. The first-order chi connectivity index (χ1) is 28.7. The van der Waals surface area contributed by atoms with Crippen LogP contribution in [0.15, 0.2) is 210 Å². The van der Waals surface area contributed by atoms with E-state index in [1.54, 1.807) is 0 Å². The van der Waals surface area contributed by atoms with Gasteiger partial charge in [-0.3, -0.25) is 0 Å². The van der Waals surface area contributed by atoms with Gasteiger partial charge in [0.15, 0.2) is 0 Å². The Labute approximate surface area is 344 Å². The number of hydrogen-bond acceptors (Lipinski definition) is 3. The summed E-state index contributed by atoms with van der Waals surface area (Å²) in [5, 5.41) is 10.2. The van der Waals surface area contributed by atoms with Gasteiger partial charge in [-0.05, 0) is 115 Å². The topological polar surface area (TPSA) is 3.24 Å².